The minimum Gasteiger partial charge on any atom is -0.483 e. The van der Waals surface area contributed by atoms with Crippen molar-refractivity contribution in [3.05, 3.63) is 52.5 Å². The molecule has 112 valence electrons. The van der Waals surface area contributed by atoms with Gasteiger partial charge in [-0.1, -0.05) is 35.3 Å². The van der Waals surface area contributed by atoms with Crippen LogP contribution in [0.3, 0.4) is 0 Å². The van der Waals surface area contributed by atoms with Crippen molar-refractivity contribution in [2.45, 2.75) is 4.34 Å². The van der Waals surface area contributed by atoms with Crippen LogP contribution in [0.25, 0.3) is 10.2 Å². The third kappa shape index (κ3) is 3.73. The SMILES string of the molecule is O=C(COc1ccc(Cl)cc1Cl)Sc1nc2ccccc2s1. The minimum absolute atomic E-state index is 0.0814. The highest BCUT2D eigenvalue weighted by Gasteiger charge is 2.12. The van der Waals surface area contributed by atoms with Crippen molar-refractivity contribution in [1.82, 2.24) is 4.98 Å². The predicted molar refractivity (Wildman–Crippen MR) is 92.4 cm³/mol. The summed E-state index contributed by atoms with van der Waals surface area (Å²) in [5.74, 6) is 0.435. The standard InChI is InChI=1S/C15H9Cl2NO2S2/c16-9-5-6-12(10(17)7-9)20-8-14(19)22-15-18-11-3-1-2-4-13(11)21-15/h1-7H,8H2. The normalized spacial score (nSPS) is 10.8. The van der Waals surface area contributed by atoms with Gasteiger partial charge in [0.2, 0.25) is 5.12 Å². The summed E-state index contributed by atoms with van der Waals surface area (Å²) < 4.78 is 7.18. The number of hydrogen-bond acceptors (Lipinski definition) is 5. The molecule has 0 spiro atoms. The van der Waals surface area contributed by atoms with Gasteiger partial charge >= 0.3 is 0 Å². The number of halogens is 2. The molecule has 7 heteroatoms. The molecule has 3 aromatic rings. The monoisotopic (exact) mass is 369 g/mol. The molecule has 0 amide bonds. The van der Waals surface area contributed by atoms with Crippen LogP contribution in [0.5, 0.6) is 5.75 Å². The Morgan fingerprint density at radius 2 is 2.05 bits per heavy atom. The number of aromatic nitrogens is 1. The third-order valence-corrected chi connectivity index (χ3v) is 5.19. The van der Waals surface area contributed by atoms with Crippen LogP contribution in [-0.4, -0.2) is 16.7 Å². The van der Waals surface area contributed by atoms with Crippen molar-refractivity contribution < 1.29 is 9.53 Å². The van der Waals surface area contributed by atoms with Gasteiger partial charge in [0.15, 0.2) is 10.9 Å². The summed E-state index contributed by atoms with van der Waals surface area (Å²) >= 11 is 14.4. The number of carbonyl (C=O) groups is 1. The molecule has 1 heterocycles. The number of thiazole rings is 1. The number of fused-ring (bicyclic) bond motifs is 1. The Balaban J connectivity index is 1.62. The topological polar surface area (TPSA) is 39.2 Å². The first kappa shape index (κ1) is 15.6. The molecule has 3 rings (SSSR count). The van der Waals surface area contributed by atoms with Crippen LogP contribution in [0, 0.1) is 0 Å². The fourth-order valence-electron chi connectivity index (χ4n) is 1.75. The smallest absolute Gasteiger partial charge is 0.233 e. The largest absolute Gasteiger partial charge is 0.483 e. The lowest BCUT2D eigenvalue weighted by Gasteiger charge is -2.06. The molecular formula is C15H9Cl2NO2S2. The Morgan fingerprint density at radius 1 is 1.23 bits per heavy atom. The van der Waals surface area contributed by atoms with Crippen molar-refractivity contribution >= 4 is 61.6 Å². The number of para-hydroxylation sites is 1. The number of carbonyl (C=O) groups excluding carboxylic acids is 1. The van der Waals surface area contributed by atoms with E-state index in [-0.39, 0.29) is 11.7 Å². The maximum Gasteiger partial charge on any atom is 0.233 e. The Hall–Kier alpha value is -1.27. The van der Waals surface area contributed by atoms with Crippen molar-refractivity contribution in [2.24, 2.45) is 0 Å². The van der Waals surface area contributed by atoms with Crippen LogP contribution in [0.1, 0.15) is 0 Å². The van der Waals surface area contributed by atoms with Gasteiger partial charge in [0.25, 0.3) is 0 Å². The fourth-order valence-corrected chi connectivity index (χ4v) is 4.08. The zero-order valence-corrected chi connectivity index (χ0v) is 14.2. The van der Waals surface area contributed by atoms with Gasteiger partial charge in [-0.3, -0.25) is 4.79 Å². The van der Waals surface area contributed by atoms with Gasteiger partial charge in [-0.25, -0.2) is 4.98 Å². The highest BCUT2D eigenvalue weighted by molar-refractivity contribution is 8.15. The van der Waals surface area contributed by atoms with Gasteiger partial charge in [-0.15, -0.1) is 11.3 Å². The van der Waals surface area contributed by atoms with E-state index in [4.69, 9.17) is 27.9 Å². The van der Waals surface area contributed by atoms with E-state index in [1.165, 1.54) is 11.3 Å². The van der Waals surface area contributed by atoms with Crippen LogP contribution in [0.2, 0.25) is 10.0 Å². The summed E-state index contributed by atoms with van der Waals surface area (Å²) in [6.07, 6.45) is 0. The second-order valence-electron chi connectivity index (χ2n) is 4.28. The summed E-state index contributed by atoms with van der Waals surface area (Å²) in [5.41, 5.74) is 0.893. The van der Waals surface area contributed by atoms with Gasteiger partial charge in [-0.05, 0) is 42.1 Å². The number of ether oxygens (including phenoxy) is 1. The quantitative estimate of drug-likeness (QED) is 0.584. The first-order valence-corrected chi connectivity index (χ1v) is 8.65. The third-order valence-electron chi connectivity index (χ3n) is 2.71. The fraction of sp³-hybridized carbons (Fsp3) is 0.0667. The van der Waals surface area contributed by atoms with Crippen molar-refractivity contribution in [2.75, 3.05) is 6.61 Å². The van der Waals surface area contributed by atoms with Crippen molar-refractivity contribution in [1.29, 1.82) is 0 Å². The van der Waals surface area contributed by atoms with Crippen LogP contribution in [-0.2, 0) is 4.79 Å². The van der Waals surface area contributed by atoms with E-state index in [0.717, 1.165) is 22.0 Å². The number of rotatable bonds is 4. The molecular weight excluding hydrogens is 361 g/mol. The van der Waals surface area contributed by atoms with E-state index in [9.17, 15) is 4.79 Å². The Labute approximate surface area is 145 Å². The lowest BCUT2D eigenvalue weighted by atomic mass is 10.3. The van der Waals surface area contributed by atoms with Crippen LogP contribution in [0.4, 0.5) is 0 Å². The van der Waals surface area contributed by atoms with E-state index in [0.29, 0.717) is 20.1 Å². The first-order valence-electron chi connectivity index (χ1n) is 6.26. The highest BCUT2D eigenvalue weighted by atomic mass is 35.5. The molecule has 0 aliphatic carbocycles. The molecule has 0 aliphatic rings. The molecule has 0 radical (unpaired) electrons. The van der Waals surface area contributed by atoms with E-state index in [1.807, 2.05) is 24.3 Å². The van der Waals surface area contributed by atoms with E-state index < -0.39 is 0 Å². The maximum absolute atomic E-state index is 12.0. The molecule has 3 nitrogen and oxygen atoms in total. The molecule has 0 aliphatic heterocycles. The summed E-state index contributed by atoms with van der Waals surface area (Å²) in [6.45, 7) is -0.0814. The number of hydrogen-bond donors (Lipinski definition) is 0. The summed E-state index contributed by atoms with van der Waals surface area (Å²) in [4.78, 5) is 16.4. The molecule has 0 saturated carbocycles. The molecule has 0 atom stereocenters. The van der Waals surface area contributed by atoms with Crippen molar-refractivity contribution in [3.8, 4) is 5.75 Å². The molecule has 0 N–H and O–H groups in total. The van der Waals surface area contributed by atoms with E-state index in [2.05, 4.69) is 4.98 Å². The predicted octanol–water partition coefficient (Wildman–Crippen LogP) is 5.30. The Morgan fingerprint density at radius 3 is 2.82 bits per heavy atom. The summed E-state index contributed by atoms with van der Waals surface area (Å²) in [7, 11) is 0. The Bertz CT molecular complexity index is 802. The van der Waals surface area contributed by atoms with Gasteiger partial charge in [0.1, 0.15) is 5.75 Å². The zero-order valence-electron chi connectivity index (χ0n) is 11.1. The van der Waals surface area contributed by atoms with Crippen molar-refractivity contribution in [3.63, 3.8) is 0 Å². The highest BCUT2D eigenvalue weighted by Crippen LogP contribution is 2.31. The second-order valence-corrected chi connectivity index (χ2v) is 7.46. The lowest BCUT2D eigenvalue weighted by molar-refractivity contribution is -0.112. The minimum atomic E-state index is -0.134. The summed E-state index contributed by atoms with van der Waals surface area (Å²) in [5, 5.41) is 0.767. The van der Waals surface area contributed by atoms with Gasteiger partial charge < -0.3 is 4.74 Å². The number of thioether (sulfide) groups is 1. The number of benzene rings is 2. The molecule has 0 bridgehead atoms. The van der Waals surface area contributed by atoms with Crippen LogP contribution < -0.4 is 4.74 Å². The molecule has 2 aromatic carbocycles. The average molecular weight is 370 g/mol. The zero-order chi connectivity index (χ0) is 15.5. The van der Waals surface area contributed by atoms with E-state index in [1.54, 1.807) is 18.2 Å². The summed E-state index contributed by atoms with van der Waals surface area (Å²) in [6, 6.07) is 12.6. The van der Waals surface area contributed by atoms with E-state index >= 15 is 0 Å². The molecule has 0 saturated heterocycles. The molecule has 0 fully saturated rings. The Kier molecular flexibility index (Phi) is 4.88. The van der Waals surface area contributed by atoms with Gasteiger partial charge in [-0.2, -0.15) is 0 Å². The molecule has 0 unspecified atom stereocenters. The van der Waals surface area contributed by atoms with Gasteiger partial charge in [0, 0.05) is 5.02 Å². The maximum atomic E-state index is 12.0. The number of nitrogens with zero attached hydrogens (tertiary/aromatic N) is 1. The first-order chi connectivity index (χ1) is 10.6. The molecule has 22 heavy (non-hydrogen) atoms. The van der Waals surface area contributed by atoms with Gasteiger partial charge in [0.05, 0.1) is 15.2 Å². The molecule has 1 aromatic heterocycles. The average Bonchev–Trinajstić information content (AvgIpc) is 2.88. The van der Waals surface area contributed by atoms with Crippen LogP contribution >= 0.6 is 46.3 Å². The second kappa shape index (κ2) is 6.87. The van der Waals surface area contributed by atoms with Crippen LogP contribution in [0.15, 0.2) is 46.8 Å². The lowest BCUT2D eigenvalue weighted by Crippen LogP contribution is -2.07.